The van der Waals surface area contributed by atoms with E-state index in [2.05, 4.69) is 26.0 Å². The van der Waals surface area contributed by atoms with E-state index in [0.29, 0.717) is 11.1 Å². The van der Waals surface area contributed by atoms with E-state index in [1.807, 2.05) is 30.3 Å². The Morgan fingerprint density at radius 3 is 2.07 bits per heavy atom. The molecular weight excluding hydrogens is 360 g/mol. The predicted molar refractivity (Wildman–Crippen MR) is 120 cm³/mol. The highest BCUT2D eigenvalue weighted by Crippen LogP contribution is 2.43. The highest BCUT2D eigenvalue weighted by molar-refractivity contribution is 5.93. The van der Waals surface area contributed by atoms with Gasteiger partial charge in [0.1, 0.15) is 11.3 Å². The molecule has 2 aromatic rings. The van der Waals surface area contributed by atoms with Gasteiger partial charge < -0.3 is 10.2 Å². The quantitative estimate of drug-likeness (QED) is 0.372. The third-order valence-corrected chi connectivity index (χ3v) is 6.14. The number of phenols is 1. The number of hydrogen-bond acceptors (Lipinski definition) is 2. The summed E-state index contributed by atoms with van der Waals surface area (Å²) in [4.78, 5) is 11.7. The van der Waals surface area contributed by atoms with Crippen molar-refractivity contribution in [1.29, 1.82) is 0 Å². The summed E-state index contributed by atoms with van der Waals surface area (Å²) in [6.07, 6.45) is 10.8. The molecule has 1 unspecified atom stereocenters. The van der Waals surface area contributed by atoms with Crippen molar-refractivity contribution >= 4 is 5.97 Å². The molecule has 0 saturated carbocycles. The molecule has 0 bridgehead atoms. The molecule has 1 atom stereocenters. The minimum absolute atomic E-state index is 0.0144. The first-order chi connectivity index (χ1) is 13.9. The van der Waals surface area contributed by atoms with Gasteiger partial charge in [-0.15, -0.1) is 0 Å². The van der Waals surface area contributed by atoms with Crippen LogP contribution in [0.4, 0.5) is 0 Å². The fraction of sp³-hybridized carbons (Fsp3) is 0.500. The molecule has 0 heterocycles. The second-order valence-corrected chi connectivity index (χ2v) is 8.38. The van der Waals surface area contributed by atoms with E-state index in [4.69, 9.17) is 0 Å². The van der Waals surface area contributed by atoms with Gasteiger partial charge in [0.15, 0.2) is 0 Å². The van der Waals surface area contributed by atoms with Crippen molar-refractivity contribution in [3.05, 3.63) is 64.7 Å². The van der Waals surface area contributed by atoms with Crippen LogP contribution in [-0.2, 0) is 5.41 Å². The monoisotopic (exact) mass is 396 g/mol. The fourth-order valence-corrected chi connectivity index (χ4v) is 4.26. The fourth-order valence-electron chi connectivity index (χ4n) is 4.26. The Labute approximate surface area is 175 Å². The van der Waals surface area contributed by atoms with Crippen molar-refractivity contribution in [3.63, 3.8) is 0 Å². The molecule has 158 valence electrons. The Kier molecular flexibility index (Phi) is 8.75. The molecule has 29 heavy (non-hydrogen) atoms. The van der Waals surface area contributed by atoms with Crippen molar-refractivity contribution < 1.29 is 15.0 Å². The van der Waals surface area contributed by atoms with E-state index in [1.54, 1.807) is 6.92 Å². The van der Waals surface area contributed by atoms with Gasteiger partial charge in [-0.2, -0.15) is 0 Å². The summed E-state index contributed by atoms with van der Waals surface area (Å²) in [6, 6.07) is 13.9. The summed E-state index contributed by atoms with van der Waals surface area (Å²) in [5.74, 6) is -1.17. The normalized spacial score (nSPS) is 13.2. The van der Waals surface area contributed by atoms with Gasteiger partial charge in [-0.3, -0.25) is 0 Å². The van der Waals surface area contributed by atoms with Gasteiger partial charge in [-0.1, -0.05) is 108 Å². The number of aromatic hydroxyl groups is 1. The summed E-state index contributed by atoms with van der Waals surface area (Å²) < 4.78 is 0. The van der Waals surface area contributed by atoms with E-state index in [-0.39, 0.29) is 11.3 Å². The van der Waals surface area contributed by atoms with E-state index in [1.165, 1.54) is 38.5 Å². The van der Waals surface area contributed by atoms with Crippen LogP contribution in [-0.4, -0.2) is 16.2 Å². The Hall–Kier alpha value is -2.29. The first kappa shape index (κ1) is 23.0. The molecule has 0 saturated heterocycles. The highest BCUT2D eigenvalue weighted by atomic mass is 16.4. The summed E-state index contributed by atoms with van der Waals surface area (Å²) in [5.41, 5.74) is 1.99. The van der Waals surface area contributed by atoms with Gasteiger partial charge in [0, 0.05) is 11.0 Å². The Bertz CT molecular complexity index is 782. The average Bonchev–Trinajstić information content (AvgIpc) is 2.70. The molecule has 0 aliphatic carbocycles. The lowest BCUT2D eigenvalue weighted by Crippen LogP contribution is -2.24. The van der Waals surface area contributed by atoms with Crippen molar-refractivity contribution in [2.75, 3.05) is 0 Å². The average molecular weight is 397 g/mol. The first-order valence-corrected chi connectivity index (χ1v) is 11.0. The number of carboxylic acids is 1. The van der Waals surface area contributed by atoms with Crippen LogP contribution in [0.3, 0.4) is 0 Å². The molecule has 2 rings (SSSR count). The van der Waals surface area contributed by atoms with Gasteiger partial charge in [-0.25, -0.2) is 4.79 Å². The van der Waals surface area contributed by atoms with E-state index < -0.39 is 11.4 Å². The summed E-state index contributed by atoms with van der Waals surface area (Å²) in [5, 5.41) is 20.5. The third kappa shape index (κ3) is 5.85. The highest BCUT2D eigenvalue weighted by Gasteiger charge is 2.33. The van der Waals surface area contributed by atoms with Crippen LogP contribution in [0.2, 0.25) is 0 Å². The summed E-state index contributed by atoms with van der Waals surface area (Å²) in [6.45, 7) is 6.09. The first-order valence-electron chi connectivity index (χ1n) is 11.0. The summed E-state index contributed by atoms with van der Waals surface area (Å²) >= 11 is 0. The van der Waals surface area contributed by atoms with E-state index in [9.17, 15) is 15.0 Å². The second kappa shape index (κ2) is 11.0. The maximum atomic E-state index is 11.7. The molecule has 2 N–H and O–H groups in total. The molecule has 0 fully saturated rings. The molecule has 0 aliphatic rings. The van der Waals surface area contributed by atoms with Crippen LogP contribution in [0.1, 0.15) is 98.7 Å². The zero-order chi connectivity index (χ0) is 21.3. The molecule has 0 aliphatic heterocycles. The zero-order valence-electron chi connectivity index (χ0n) is 18.2. The van der Waals surface area contributed by atoms with Crippen molar-refractivity contribution in [2.24, 2.45) is 0 Å². The lowest BCUT2D eigenvalue weighted by atomic mass is 9.71. The molecular formula is C26H36O3. The molecule has 2 aromatic carbocycles. The van der Waals surface area contributed by atoms with Crippen LogP contribution < -0.4 is 0 Å². The minimum atomic E-state index is -1.08. The number of aromatic carboxylic acids is 1. The Morgan fingerprint density at radius 2 is 1.48 bits per heavy atom. The number of benzene rings is 2. The molecule has 0 aromatic heterocycles. The Balaban J connectivity index is 2.21. The number of rotatable bonds is 12. The summed E-state index contributed by atoms with van der Waals surface area (Å²) in [7, 11) is 0. The van der Waals surface area contributed by atoms with Gasteiger partial charge in [0.05, 0.1) is 0 Å². The molecule has 0 spiro atoms. The van der Waals surface area contributed by atoms with E-state index >= 15 is 0 Å². The van der Waals surface area contributed by atoms with Gasteiger partial charge in [0.25, 0.3) is 0 Å². The number of carboxylic acid groups (broad SMARTS) is 1. The SMILES string of the molecule is CCCCCCCCCCC(C)(c1ccccc1)c1ccc(C)c(C(=O)O)c1O. The maximum Gasteiger partial charge on any atom is 0.339 e. The molecule has 0 radical (unpaired) electrons. The molecule has 3 nitrogen and oxygen atoms in total. The van der Waals surface area contributed by atoms with Crippen molar-refractivity contribution in [2.45, 2.75) is 84.0 Å². The van der Waals surface area contributed by atoms with E-state index in [0.717, 1.165) is 24.8 Å². The van der Waals surface area contributed by atoms with Crippen LogP contribution in [0.15, 0.2) is 42.5 Å². The van der Waals surface area contributed by atoms with Crippen LogP contribution in [0.5, 0.6) is 5.75 Å². The molecule has 0 amide bonds. The van der Waals surface area contributed by atoms with Gasteiger partial charge >= 0.3 is 5.97 Å². The largest absolute Gasteiger partial charge is 0.507 e. The number of unbranched alkanes of at least 4 members (excludes halogenated alkanes) is 7. The third-order valence-electron chi connectivity index (χ3n) is 6.14. The maximum absolute atomic E-state index is 11.7. The van der Waals surface area contributed by atoms with Crippen LogP contribution >= 0.6 is 0 Å². The zero-order valence-corrected chi connectivity index (χ0v) is 18.2. The van der Waals surface area contributed by atoms with Crippen LogP contribution in [0.25, 0.3) is 0 Å². The Morgan fingerprint density at radius 1 is 0.897 bits per heavy atom. The van der Waals surface area contributed by atoms with Crippen LogP contribution in [0, 0.1) is 6.92 Å². The smallest absolute Gasteiger partial charge is 0.339 e. The number of aryl methyl sites for hydroxylation is 1. The topological polar surface area (TPSA) is 57.5 Å². The molecule has 3 heteroatoms. The van der Waals surface area contributed by atoms with Crippen molar-refractivity contribution in [3.8, 4) is 5.75 Å². The standard InChI is InChI=1S/C26H36O3/c1-4-5-6-7-8-9-10-14-19-26(3,21-15-12-11-13-16-21)22-18-17-20(2)23(24(22)27)25(28)29/h11-13,15-18,27H,4-10,14,19H2,1-3H3,(H,28,29). The minimum Gasteiger partial charge on any atom is -0.507 e. The van der Waals surface area contributed by atoms with Gasteiger partial charge in [-0.05, 0) is 24.5 Å². The van der Waals surface area contributed by atoms with Gasteiger partial charge in [0.2, 0.25) is 0 Å². The van der Waals surface area contributed by atoms with Crippen molar-refractivity contribution in [1.82, 2.24) is 0 Å². The predicted octanol–water partition coefficient (Wildman–Crippen LogP) is 7.24. The number of carbonyl (C=O) groups is 1. The lowest BCUT2D eigenvalue weighted by Gasteiger charge is -2.32. The second-order valence-electron chi connectivity index (χ2n) is 8.38. The lowest BCUT2D eigenvalue weighted by molar-refractivity contribution is 0.0692. The number of hydrogen-bond donors (Lipinski definition) is 2.